The lowest BCUT2D eigenvalue weighted by molar-refractivity contribution is -0.0404. The fourth-order valence-corrected chi connectivity index (χ4v) is 2.00. The number of nitrogens with two attached hydrogens (primary N) is 1. The lowest BCUT2D eigenvalue weighted by Crippen LogP contribution is -2.42. The largest absolute Gasteiger partial charge is 0.490 e. The van der Waals surface area contributed by atoms with Crippen LogP contribution in [0.15, 0.2) is 18.2 Å². The third-order valence-corrected chi connectivity index (χ3v) is 3.01. The maximum atomic E-state index is 13.0. The van der Waals surface area contributed by atoms with Crippen LogP contribution < -0.4 is 10.5 Å². The molecule has 1 aliphatic heterocycles. The summed E-state index contributed by atoms with van der Waals surface area (Å²) in [5.74, 6) is 0.340. The summed E-state index contributed by atoms with van der Waals surface area (Å²) < 4.78 is 24.3. The van der Waals surface area contributed by atoms with Crippen LogP contribution in [0.5, 0.6) is 5.75 Å². The molecular weight excluding hydrogens is 235 g/mol. The first kappa shape index (κ1) is 13.3. The van der Waals surface area contributed by atoms with Crippen LogP contribution in [-0.2, 0) is 11.3 Å². The van der Waals surface area contributed by atoms with E-state index in [0.29, 0.717) is 17.9 Å². The van der Waals surface area contributed by atoms with Gasteiger partial charge < -0.3 is 20.1 Å². The monoisotopic (exact) mass is 254 g/mol. The molecule has 2 rings (SSSR count). The van der Waals surface area contributed by atoms with Crippen molar-refractivity contribution >= 4 is 0 Å². The summed E-state index contributed by atoms with van der Waals surface area (Å²) in [5.41, 5.74) is 6.24. The predicted octanol–water partition coefficient (Wildman–Crippen LogP) is 0.994. The van der Waals surface area contributed by atoms with Crippen LogP contribution in [0.3, 0.4) is 0 Å². The summed E-state index contributed by atoms with van der Waals surface area (Å²) in [6.07, 6.45) is 0.0550. The third-order valence-electron chi connectivity index (χ3n) is 3.01. The van der Waals surface area contributed by atoms with Crippen molar-refractivity contribution in [2.75, 3.05) is 33.4 Å². The van der Waals surface area contributed by atoms with Crippen molar-refractivity contribution in [3.8, 4) is 5.75 Å². The molecule has 100 valence electrons. The van der Waals surface area contributed by atoms with E-state index < -0.39 is 0 Å². The molecule has 4 nitrogen and oxygen atoms in total. The van der Waals surface area contributed by atoms with Crippen molar-refractivity contribution in [3.05, 3.63) is 29.6 Å². The molecule has 5 heteroatoms. The fraction of sp³-hybridized carbons (Fsp3) is 0.538. The molecule has 0 saturated carbocycles. The van der Waals surface area contributed by atoms with Gasteiger partial charge in [0.1, 0.15) is 24.3 Å². The Bertz CT molecular complexity index is 401. The number of hydrogen-bond acceptors (Lipinski definition) is 4. The Morgan fingerprint density at radius 2 is 2.39 bits per heavy atom. The number of nitrogens with zero attached hydrogens (tertiary/aromatic N) is 1. The predicted molar refractivity (Wildman–Crippen MR) is 67.0 cm³/mol. The Hall–Kier alpha value is -1.17. The van der Waals surface area contributed by atoms with Gasteiger partial charge in [0, 0.05) is 25.2 Å². The molecule has 1 heterocycles. The summed E-state index contributed by atoms with van der Waals surface area (Å²) in [5, 5.41) is 0. The van der Waals surface area contributed by atoms with E-state index in [1.807, 2.05) is 0 Å². The van der Waals surface area contributed by atoms with Crippen LogP contribution in [0.1, 0.15) is 5.56 Å². The molecule has 18 heavy (non-hydrogen) atoms. The first-order chi connectivity index (χ1) is 8.69. The van der Waals surface area contributed by atoms with Gasteiger partial charge in [-0.2, -0.15) is 0 Å². The van der Waals surface area contributed by atoms with Gasteiger partial charge in [-0.1, -0.05) is 0 Å². The number of benzene rings is 1. The molecule has 1 aliphatic rings. The first-order valence-electron chi connectivity index (χ1n) is 6.10. The number of morpholine rings is 1. The average Bonchev–Trinajstić information content (AvgIpc) is 2.37. The fourth-order valence-electron chi connectivity index (χ4n) is 2.00. The van der Waals surface area contributed by atoms with Crippen molar-refractivity contribution in [1.82, 2.24) is 4.90 Å². The van der Waals surface area contributed by atoms with Gasteiger partial charge in [-0.3, -0.25) is 0 Å². The number of halogens is 1. The molecule has 1 aromatic carbocycles. The van der Waals surface area contributed by atoms with Gasteiger partial charge in [0.05, 0.1) is 6.61 Å². The van der Waals surface area contributed by atoms with E-state index >= 15 is 0 Å². The molecule has 1 atom stereocenters. The highest BCUT2D eigenvalue weighted by Gasteiger charge is 2.18. The Labute approximate surface area is 106 Å². The zero-order chi connectivity index (χ0) is 13.0. The lowest BCUT2D eigenvalue weighted by atomic mass is 10.2. The third kappa shape index (κ3) is 3.41. The molecule has 0 radical (unpaired) electrons. The topological polar surface area (TPSA) is 47.7 Å². The van der Waals surface area contributed by atoms with E-state index in [-0.39, 0.29) is 18.5 Å². The van der Waals surface area contributed by atoms with Crippen LogP contribution in [0.4, 0.5) is 4.39 Å². The van der Waals surface area contributed by atoms with Gasteiger partial charge in [-0.05, 0) is 25.2 Å². The average molecular weight is 254 g/mol. The van der Waals surface area contributed by atoms with Crippen LogP contribution in [0.2, 0.25) is 0 Å². The molecule has 1 aromatic rings. The highest BCUT2D eigenvalue weighted by Crippen LogP contribution is 2.19. The van der Waals surface area contributed by atoms with Crippen LogP contribution in [0.25, 0.3) is 0 Å². The number of ether oxygens (including phenoxy) is 2. The van der Waals surface area contributed by atoms with Gasteiger partial charge in [-0.25, -0.2) is 4.39 Å². The minimum absolute atomic E-state index is 0.0550. The van der Waals surface area contributed by atoms with Crippen molar-refractivity contribution in [2.24, 2.45) is 5.73 Å². The zero-order valence-corrected chi connectivity index (χ0v) is 10.6. The van der Waals surface area contributed by atoms with Gasteiger partial charge >= 0.3 is 0 Å². The second kappa shape index (κ2) is 6.13. The summed E-state index contributed by atoms with van der Waals surface area (Å²) in [6.45, 7) is 3.24. The van der Waals surface area contributed by atoms with Crippen LogP contribution >= 0.6 is 0 Å². The first-order valence-corrected chi connectivity index (χ1v) is 6.10. The lowest BCUT2D eigenvalue weighted by Gasteiger charge is -2.30. The zero-order valence-electron chi connectivity index (χ0n) is 10.6. The highest BCUT2D eigenvalue weighted by molar-refractivity contribution is 5.33. The summed E-state index contributed by atoms with van der Waals surface area (Å²) in [7, 11) is 2.05. The van der Waals surface area contributed by atoms with Crippen LogP contribution in [0, 0.1) is 5.82 Å². The molecule has 1 fully saturated rings. The Kier molecular flexibility index (Phi) is 4.52. The van der Waals surface area contributed by atoms with E-state index in [4.69, 9.17) is 15.2 Å². The highest BCUT2D eigenvalue weighted by atomic mass is 19.1. The minimum Gasteiger partial charge on any atom is -0.490 e. The molecule has 0 spiro atoms. The van der Waals surface area contributed by atoms with Crippen molar-refractivity contribution in [2.45, 2.75) is 12.6 Å². The summed E-state index contributed by atoms with van der Waals surface area (Å²) in [6, 6.07) is 4.40. The second-order valence-electron chi connectivity index (χ2n) is 4.52. The van der Waals surface area contributed by atoms with Crippen LogP contribution in [-0.4, -0.2) is 44.4 Å². The van der Waals surface area contributed by atoms with E-state index in [0.717, 1.165) is 19.7 Å². The Balaban J connectivity index is 1.93. The molecule has 1 saturated heterocycles. The molecule has 0 amide bonds. The van der Waals surface area contributed by atoms with E-state index in [2.05, 4.69) is 11.9 Å². The molecule has 0 bridgehead atoms. The molecule has 0 aliphatic carbocycles. The quantitative estimate of drug-likeness (QED) is 0.870. The standard InChI is InChI=1S/C13H19FN2O2/c1-16-4-5-17-12(8-16)9-18-13-3-2-11(14)6-10(13)7-15/h2-3,6,12H,4-5,7-9,15H2,1H3. The minimum atomic E-state index is -0.295. The smallest absolute Gasteiger partial charge is 0.124 e. The summed E-state index contributed by atoms with van der Waals surface area (Å²) in [4.78, 5) is 2.20. The normalized spacial score (nSPS) is 20.9. The molecule has 0 aromatic heterocycles. The van der Waals surface area contributed by atoms with Gasteiger partial charge in [0.25, 0.3) is 0 Å². The van der Waals surface area contributed by atoms with Crippen molar-refractivity contribution < 1.29 is 13.9 Å². The molecular formula is C13H19FN2O2. The van der Waals surface area contributed by atoms with E-state index in [9.17, 15) is 4.39 Å². The van der Waals surface area contributed by atoms with E-state index in [1.165, 1.54) is 12.1 Å². The number of rotatable bonds is 4. The Morgan fingerprint density at radius 1 is 1.56 bits per heavy atom. The van der Waals surface area contributed by atoms with Gasteiger partial charge in [0.2, 0.25) is 0 Å². The van der Waals surface area contributed by atoms with E-state index in [1.54, 1.807) is 6.07 Å². The van der Waals surface area contributed by atoms with Gasteiger partial charge in [0.15, 0.2) is 0 Å². The van der Waals surface area contributed by atoms with Gasteiger partial charge in [-0.15, -0.1) is 0 Å². The molecule has 1 unspecified atom stereocenters. The SMILES string of the molecule is CN1CCOC(COc2ccc(F)cc2CN)C1. The summed E-state index contributed by atoms with van der Waals surface area (Å²) >= 11 is 0. The molecule has 2 N–H and O–H groups in total. The Morgan fingerprint density at radius 3 is 3.11 bits per heavy atom. The number of likely N-dealkylation sites (N-methyl/N-ethyl adjacent to an activating group) is 1. The maximum absolute atomic E-state index is 13.0. The van der Waals surface area contributed by atoms with Crippen molar-refractivity contribution in [1.29, 1.82) is 0 Å². The number of hydrogen-bond donors (Lipinski definition) is 1. The second-order valence-corrected chi connectivity index (χ2v) is 4.52. The maximum Gasteiger partial charge on any atom is 0.124 e. The van der Waals surface area contributed by atoms with Crippen molar-refractivity contribution in [3.63, 3.8) is 0 Å².